The Kier molecular flexibility index (Phi) is 6.46. The van der Waals surface area contributed by atoms with Crippen molar-refractivity contribution >= 4 is 35.2 Å². The van der Waals surface area contributed by atoms with Crippen LogP contribution >= 0.6 is 11.6 Å². The van der Waals surface area contributed by atoms with Gasteiger partial charge in [0.2, 0.25) is 11.8 Å². The van der Waals surface area contributed by atoms with E-state index < -0.39 is 23.8 Å². The molecule has 2 aliphatic heterocycles. The number of benzene rings is 1. The minimum Gasteiger partial charge on any atom is -0.333 e. The summed E-state index contributed by atoms with van der Waals surface area (Å²) < 4.78 is 0. The smallest absolute Gasteiger partial charge is 0.332 e. The van der Waals surface area contributed by atoms with Gasteiger partial charge in [0.1, 0.15) is 0 Å². The lowest BCUT2D eigenvalue weighted by molar-refractivity contribution is -0.903. The van der Waals surface area contributed by atoms with Gasteiger partial charge in [0.05, 0.1) is 31.9 Å². The Balaban J connectivity index is 1.92. The van der Waals surface area contributed by atoms with Gasteiger partial charge in [-0.2, -0.15) is 0 Å². The predicted molar refractivity (Wildman–Crippen MR) is 107 cm³/mol. The first-order valence-electron chi connectivity index (χ1n) is 9.63. The molecule has 150 valence electrons. The number of imide groups is 2. The maximum Gasteiger partial charge on any atom is 0.332 e. The van der Waals surface area contributed by atoms with Crippen molar-refractivity contribution in [1.29, 1.82) is 0 Å². The summed E-state index contributed by atoms with van der Waals surface area (Å²) in [5.74, 6) is -2.31. The number of hydrogen-bond donors (Lipinski definition) is 1. The molecule has 1 aromatic rings. The van der Waals surface area contributed by atoms with Gasteiger partial charge in [0.25, 0.3) is 0 Å². The number of aliphatic imine (C=N–C) groups is 1. The monoisotopic (exact) mass is 405 g/mol. The summed E-state index contributed by atoms with van der Waals surface area (Å²) in [6, 6.07) is 6.41. The van der Waals surface area contributed by atoms with Crippen LogP contribution < -0.4 is 4.90 Å². The Hall–Kier alpha value is -2.25. The summed E-state index contributed by atoms with van der Waals surface area (Å²) >= 11 is 6.36. The van der Waals surface area contributed by atoms with Crippen LogP contribution in [-0.4, -0.2) is 73.6 Å². The number of nitrogens with zero attached hydrogens (tertiary/aromatic N) is 3. The minimum absolute atomic E-state index is 0.336. The van der Waals surface area contributed by atoms with Crippen LogP contribution in [0.5, 0.6) is 0 Å². The summed E-state index contributed by atoms with van der Waals surface area (Å²) in [6.45, 7) is 3.58. The van der Waals surface area contributed by atoms with Crippen molar-refractivity contribution in [2.24, 2.45) is 10.9 Å². The topological polar surface area (TPSA) is 74.5 Å². The second-order valence-electron chi connectivity index (χ2n) is 7.32. The lowest BCUT2D eigenvalue weighted by Gasteiger charge is -2.33. The van der Waals surface area contributed by atoms with Crippen molar-refractivity contribution in [1.82, 2.24) is 9.80 Å². The number of rotatable bonds is 5. The maximum absolute atomic E-state index is 12.8. The highest BCUT2D eigenvalue weighted by Gasteiger charge is 2.45. The highest BCUT2D eigenvalue weighted by Crippen LogP contribution is 2.25. The normalized spacial score (nSPS) is 20.2. The fraction of sp³-hybridized carbons (Fsp3) is 0.500. The van der Waals surface area contributed by atoms with Crippen molar-refractivity contribution in [2.75, 3.05) is 40.3 Å². The van der Waals surface area contributed by atoms with Crippen LogP contribution in [-0.2, 0) is 9.59 Å². The van der Waals surface area contributed by atoms with E-state index >= 15 is 0 Å². The van der Waals surface area contributed by atoms with Crippen molar-refractivity contribution < 1.29 is 19.3 Å². The Morgan fingerprint density at radius 3 is 2.29 bits per heavy atom. The largest absolute Gasteiger partial charge is 0.333 e. The van der Waals surface area contributed by atoms with Gasteiger partial charge >= 0.3 is 6.03 Å². The summed E-state index contributed by atoms with van der Waals surface area (Å²) in [7, 11) is 2.76. The number of likely N-dealkylation sites (tertiary alicyclic amines) is 1. The summed E-state index contributed by atoms with van der Waals surface area (Å²) in [6.07, 6.45) is 3.71. The lowest BCUT2D eigenvalue weighted by atomic mass is 9.92. The first kappa shape index (κ1) is 20.5. The van der Waals surface area contributed by atoms with E-state index in [-0.39, 0.29) is 0 Å². The van der Waals surface area contributed by atoms with Gasteiger partial charge in [0, 0.05) is 24.7 Å². The zero-order valence-electron chi connectivity index (χ0n) is 16.3. The van der Waals surface area contributed by atoms with Crippen LogP contribution in [0, 0.1) is 5.92 Å². The van der Waals surface area contributed by atoms with Crippen LogP contribution in [0.25, 0.3) is 0 Å². The first-order chi connectivity index (χ1) is 13.4. The van der Waals surface area contributed by atoms with Gasteiger partial charge in [0.15, 0.2) is 5.92 Å². The zero-order valence-corrected chi connectivity index (χ0v) is 17.0. The molecule has 2 heterocycles. The standard InChI is InChI=1S/C20H25ClN4O3/c1-23-18(26)16(19(27)24(2)20(23)28)17(14-8-4-5-9-15(14)21)22-10-13-25-11-6-3-7-12-25/h4-5,8-9,16H,3,6-7,10-13H2,1-2H3/p+1. The Morgan fingerprint density at radius 1 is 1.07 bits per heavy atom. The lowest BCUT2D eigenvalue weighted by Crippen LogP contribution is -3.13. The van der Waals surface area contributed by atoms with E-state index in [1.165, 1.54) is 38.3 Å². The number of halogens is 1. The van der Waals surface area contributed by atoms with Gasteiger partial charge < -0.3 is 4.90 Å². The van der Waals surface area contributed by atoms with E-state index in [0.29, 0.717) is 22.8 Å². The molecule has 0 saturated carbocycles. The van der Waals surface area contributed by atoms with Gasteiger partial charge in [-0.1, -0.05) is 29.8 Å². The van der Waals surface area contributed by atoms with Crippen LogP contribution in [0.15, 0.2) is 29.3 Å². The average molecular weight is 406 g/mol. The number of nitrogens with one attached hydrogen (secondary N) is 1. The highest BCUT2D eigenvalue weighted by molar-refractivity contribution is 6.38. The number of barbiturate groups is 1. The quantitative estimate of drug-likeness (QED) is 0.583. The molecule has 2 fully saturated rings. The van der Waals surface area contributed by atoms with E-state index in [4.69, 9.17) is 11.6 Å². The Labute approximate surface area is 169 Å². The fourth-order valence-electron chi connectivity index (χ4n) is 3.78. The zero-order chi connectivity index (χ0) is 20.3. The van der Waals surface area contributed by atoms with Gasteiger partial charge in [-0.15, -0.1) is 0 Å². The number of carbonyl (C=O) groups excluding carboxylic acids is 3. The molecule has 2 saturated heterocycles. The molecular formula is C20H26ClN4O3+. The van der Waals surface area contributed by atoms with E-state index in [1.807, 2.05) is 0 Å². The molecule has 0 atom stereocenters. The predicted octanol–water partition coefficient (Wildman–Crippen LogP) is 0.865. The van der Waals surface area contributed by atoms with Crippen LogP contribution in [0.1, 0.15) is 24.8 Å². The molecule has 0 spiro atoms. The van der Waals surface area contributed by atoms with Crippen LogP contribution in [0.3, 0.4) is 0 Å². The molecule has 0 aliphatic carbocycles. The number of carbonyl (C=O) groups is 3. The third kappa shape index (κ3) is 4.10. The minimum atomic E-state index is -1.16. The second kappa shape index (κ2) is 8.84. The van der Waals surface area contributed by atoms with Crippen LogP contribution in [0.4, 0.5) is 4.79 Å². The first-order valence-corrected chi connectivity index (χ1v) is 10.0. The number of piperidine rings is 1. The van der Waals surface area contributed by atoms with Crippen molar-refractivity contribution in [2.45, 2.75) is 19.3 Å². The van der Waals surface area contributed by atoms with E-state index in [9.17, 15) is 14.4 Å². The second-order valence-corrected chi connectivity index (χ2v) is 7.72. The molecule has 2 aliphatic rings. The molecule has 7 nitrogen and oxygen atoms in total. The average Bonchev–Trinajstić information content (AvgIpc) is 2.71. The molecule has 4 amide bonds. The Morgan fingerprint density at radius 2 is 1.68 bits per heavy atom. The molecule has 3 rings (SSSR count). The molecule has 0 unspecified atom stereocenters. The Bertz CT molecular complexity index is 780. The number of amides is 4. The molecule has 1 N–H and O–H groups in total. The maximum atomic E-state index is 12.8. The number of quaternary nitrogens is 1. The highest BCUT2D eigenvalue weighted by atomic mass is 35.5. The molecule has 8 heteroatoms. The van der Waals surface area contributed by atoms with E-state index in [2.05, 4.69) is 4.99 Å². The summed E-state index contributed by atoms with van der Waals surface area (Å²) in [5.41, 5.74) is 0.892. The summed E-state index contributed by atoms with van der Waals surface area (Å²) in [5, 5.41) is 0.425. The fourth-order valence-corrected chi connectivity index (χ4v) is 4.01. The van der Waals surface area contributed by atoms with Crippen molar-refractivity contribution in [3.63, 3.8) is 0 Å². The van der Waals surface area contributed by atoms with Crippen molar-refractivity contribution in [3.8, 4) is 0 Å². The van der Waals surface area contributed by atoms with Gasteiger partial charge in [-0.25, -0.2) is 4.79 Å². The van der Waals surface area contributed by atoms with Gasteiger partial charge in [-0.3, -0.25) is 24.4 Å². The molecule has 0 aromatic heterocycles. The van der Waals surface area contributed by atoms with E-state index in [0.717, 1.165) is 29.4 Å². The SMILES string of the molecule is CN1C(=O)C(C(=NCC[NH+]2CCCCC2)c2ccccc2Cl)C(=O)N(C)C1=O. The van der Waals surface area contributed by atoms with E-state index in [1.54, 1.807) is 24.3 Å². The molecular weight excluding hydrogens is 380 g/mol. The number of hydrogen-bond acceptors (Lipinski definition) is 4. The summed E-state index contributed by atoms with van der Waals surface area (Å²) in [4.78, 5) is 45.8. The molecule has 28 heavy (non-hydrogen) atoms. The van der Waals surface area contributed by atoms with Crippen molar-refractivity contribution in [3.05, 3.63) is 34.9 Å². The van der Waals surface area contributed by atoms with Gasteiger partial charge in [-0.05, 0) is 25.3 Å². The number of urea groups is 1. The third-order valence-corrected chi connectivity index (χ3v) is 5.79. The molecule has 0 radical (unpaired) electrons. The molecule has 1 aromatic carbocycles. The third-order valence-electron chi connectivity index (χ3n) is 5.46. The van der Waals surface area contributed by atoms with Crippen LogP contribution in [0.2, 0.25) is 5.02 Å². The molecule has 0 bridgehead atoms.